The summed E-state index contributed by atoms with van der Waals surface area (Å²) >= 11 is 0. The summed E-state index contributed by atoms with van der Waals surface area (Å²) in [5, 5.41) is 11.3. The molecule has 0 atom stereocenters. The Balaban J connectivity index is 1.53. The van der Waals surface area contributed by atoms with Crippen LogP contribution < -0.4 is 10.1 Å². The third kappa shape index (κ3) is 4.47. The van der Waals surface area contributed by atoms with Crippen LogP contribution >= 0.6 is 0 Å². The summed E-state index contributed by atoms with van der Waals surface area (Å²) < 4.78 is 50.1. The molecule has 11 heteroatoms. The van der Waals surface area contributed by atoms with Gasteiger partial charge in [-0.1, -0.05) is 30.3 Å². The van der Waals surface area contributed by atoms with Gasteiger partial charge in [-0.3, -0.25) is 9.48 Å². The zero-order chi connectivity index (χ0) is 27.0. The van der Waals surface area contributed by atoms with Crippen molar-refractivity contribution in [3.05, 3.63) is 94.8 Å². The Bertz CT molecular complexity index is 1660. The van der Waals surface area contributed by atoms with E-state index < -0.39 is 18.0 Å². The molecule has 0 saturated heterocycles. The lowest BCUT2D eigenvalue weighted by Crippen LogP contribution is -2.14. The molecular formula is C27H23F3N6O2. The minimum Gasteiger partial charge on any atom is -0.496 e. The highest BCUT2D eigenvalue weighted by molar-refractivity contribution is 6.08. The van der Waals surface area contributed by atoms with E-state index in [1.165, 1.54) is 25.4 Å². The molecule has 2 aromatic carbocycles. The second-order valence-electron chi connectivity index (χ2n) is 8.61. The molecular weight excluding hydrogens is 497 g/mol. The van der Waals surface area contributed by atoms with Gasteiger partial charge < -0.3 is 10.1 Å². The number of methoxy groups -OCH3 is 1. The number of hydrogen-bond acceptors (Lipinski definition) is 5. The van der Waals surface area contributed by atoms with Gasteiger partial charge >= 0.3 is 0 Å². The number of anilines is 1. The number of alkyl halides is 2. The number of halogens is 3. The van der Waals surface area contributed by atoms with Gasteiger partial charge in [-0.05, 0) is 38.1 Å². The second-order valence-corrected chi connectivity index (χ2v) is 8.61. The van der Waals surface area contributed by atoms with E-state index in [0.717, 1.165) is 4.52 Å². The first-order chi connectivity index (χ1) is 18.3. The van der Waals surface area contributed by atoms with E-state index in [-0.39, 0.29) is 29.3 Å². The van der Waals surface area contributed by atoms with Crippen molar-refractivity contribution in [2.75, 3.05) is 12.4 Å². The number of nitrogens with zero attached hydrogens (tertiary/aromatic N) is 5. The predicted molar refractivity (Wildman–Crippen MR) is 135 cm³/mol. The molecule has 38 heavy (non-hydrogen) atoms. The zero-order valence-corrected chi connectivity index (χ0v) is 20.7. The van der Waals surface area contributed by atoms with Gasteiger partial charge in [0.2, 0.25) is 0 Å². The van der Waals surface area contributed by atoms with Crippen LogP contribution in [0.25, 0.3) is 16.9 Å². The summed E-state index contributed by atoms with van der Waals surface area (Å²) in [6, 6.07) is 14.5. The van der Waals surface area contributed by atoms with E-state index in [1.54, 1.807) is 61.0 Å². The zero-order valence-electron chi connectivity index (χ0n) is 20.7. The first-order valence-corrected chi connectivity index (χ1v) is 11.7. The molecule has 5 rings (SSSR count). The predicted octanol–water partition coefficient (Wildman–Crippen LogP) is 5.60. The van der Waals surface area contributed by atoms with Gasteiger partial charge in [-0.15, -0.1) is 0 Å². The number of aromatic nitrogens is 5. The standard InChI is InChI=1S/C27H23F3N6O2/c1-15-24(16(2)35(34-15)14-17-8-4-6-10-20(17)28)33-27(37)19-13-31-36-22(25(29)30)12-21(32-26(19)36)18-9-5-7-11-23(18)38-3/h4-13,25H,14H2,1-3H3,(H,33,37). The SMILES string of the molecule is COc1ccccc1-c1cc(C(F)F)n2ncc(C(=O)Nc3c(C)nn(Cc4ccccc4F)c3C)c2n1. The number of rotatable bonds is 7. The molecule has 0 bridgehead atoms. The number of fused-ring (bicyclic) bond motifs is 1. The average molecular weight is 521 g/mol. The first kappa shape index (κ1) is 25.0. The van der Waals surface area contributed by atoms with Gasteiger partial charge in [0, 0.05) is 11.1 Å². The Kier molecular flexibility index (Phi) is 6.58. The van der Waals surface area contributed by atoms with Crippen molar-refractivity contribution >= 4 is 17.2 Å². The summed E-state index contributed by atoms with van der Waals surface area (Å²) in [5.41, 5.74) is 2.26. The van der Waals surface area contributed by atoms with E-state index in [1.807, 2.05) is 0 Å². The number of hydrogen-bond donors (Lipinski definition) is 1. The van der Waals surface area contributed by atoms with Crippen LogP contribution in [0.15, 0.2) is 60.8 Å². The van der Waals surface area contributed by atoms with Crippen molar-refractivity contribution in [3.8, 4) is 17.0 Å². The number of ether oxygens (including phenoxy) is 1. The molecule has 5 aromatic rings. The summed E-state index contributed by atoms with van der Waals surface area (Å²) in [7, 11) is 1.47. The number of para-hydroxylation sites is 1. The molecule has 0 aliphatic heterocycles. The number of carbonyl (C=O) groups excluding carboxylic acids is 1. The lowest BCUT2D eigenvalue weighted by atomic mass is 10.1. The third-order valence-corrected chi connectivity index (χ3v) is 6.25. The minimum atomic E-state index is -2.87. The third-order valence-electron chi connectivity index (χ3n) is 6.25. The molecule has 0 spiro atoms. The van der Waals surface area contributed by atoms with Crippen molar-refractivity contribution < 1.29 is 22.7 Å². The molecule has 0 aliphatic carbocycles. The topological polar surface area (TPSA) is 86.3 Å². The van der Waals surface area contributed by atoms with Crippen molar-refractivity contribution in [2.24, 2.45) is 0 Å². The Morgan fingerprint density at radius 3 is 2.58 bits per heavy atom. The van der Waals surface area contributed by atoms with E-state index in [4.69, 9.17) is 4.74 Å². The molecule has 0 saturated carbocycles. The van der Waals surface area contributed by atoms with Gasteiger partial charge in [0.05, 0.1) is 42.6 Å². The van der Waals surface area contributed by atoms with Gasteiger partial charge in [0.1, 0.15) is 22.8 Å². The van der Waals surface area contributed by atoms with Crippen LogP contribution in [-0.2, 0) is 6.54 Å². The summed E-state index contributed by atoms with van der Waals surface area (Å²) in [6.07, 6.45) is -1.67. The van der Waals surface area contributed by atoms with Gasteiger partial charge in [-0.2, -0.15) is 10.2 Å². The molecule has 0 radical (unpaired) electrons. The maximum absolute atomic E-state index is 14.2. The lowest BCUT2D eigenvalue weighted by molar-refractivity contribution is 0.102. The molecule has 0 fully saturated rings. The monoisotopic (exact) mass is 520 g/mol. The molecule has 194 valence electrons. The molecule has 0 unspecified atom stereocenters. The van der Waals surface area contributed by atoms with Crippen molar-refractivity contribution in [2.45, 2.75) is 26.8 Å². The van der Waals surface area contributed by atoms with Crippen molar-refractivity contribution in [3.63, 3.8) is 0 Å². The highest BCUT2D eigenvalue weighted by Gasteiger charge is 2.24. The first-order valence-electron chi connectivity index (χ1n) is 11.7. The Morgan fingerprint density at radius 2 is 1.84 bits per heavy atom. The Labute approximate surface area is 215 Å². The molecule has 1 N–H and O–H groups in total. The average Bonchev–Trinajstić information content (AvgIpc) is 3.45. The van der Waals surface area contributed by atoms with Crippen LogP contribution in [0.4, 0.5) is 18.9 Å². The molecule has 3 heterocycles. The number of aryl methyl sites for hydroxylation is 1. The number of benzene rings is 2. The minimum absolute atomic E-state index is 0.00398. The number of nitrogens with one attached hydrogen (secondary N) is 1. The van der Waals surface area contributed by atoms with Gasteiger partial charge in [0.25, 0.3) is 12.3 Å². The summed E-state index contributed by atoms with van der Waals surface area (Å²) in [4.78, 5) is 17.9. The number of carbonyl (C=O) groups is 1. The van der Waals surface area contributed by atoms with Gasteiger partial charge in [-0.25, -0.2) is 22.7 Å². The van der Waals surface area contributed by atoms with Crippen LogP contribution in [0.1, 0.15) is 39.4 Å². The van der Waals surface area contributed by atoms with Crippen molar-refractivity contribution in [1.82, 2.24) is 24.4 Å². The smallest absolute Gasteiger partial charge is 0.280 e. The normalized spacial score (nSPS) is 11.3. The maximum atomic E-state index is 14.2. The fourth-order valence-electron chi connectivity index (χ4n) is 4.30. The number of amides is 1. The van der Waals surface area contributed by atoms with Crippen LogP contribution in [0.2, 0.25) is 0 Å². The van der Waals surface area contributed by atoms with Crippen LogP contribution in [0.3, 0.4) is 0 Å². The molecule has 3 aromatic heterocycles. The molecule has 0 aliphatic rings. The Morgan fingerprint density at radius 1 is 1.11 bits per heavy atom. The van der Waals surface area contributed by atoms with Crippen LogP contribution in [-0.4, -0.2) is 37.4 Å². The maximum Gasteiger partial charge on any atom is 0.280 e. The fraction of sp³-hybridized carbons (Fsp3) is 0.185. The lowest BCUT2D eigenvalue weighted by Gasteiger charge is -2.11. The highest BCUT2D eigenvalue weighted by atomic mass is 19.3. The van der Waals surface area contributed by atoms with Crippen LogP contribution in [0, 0.1) is 19.7 Å². The van der Waals surface area contributed by atoms with Crippen molar-refractivity contribution in [1.29, 1.82) is 0 Å². The highest BCUT2D eigenvalue weighted by Crippen LogP contribution is 2.32. The largest absolute Gasteiger partial charge is 0.496 e. The van der Waals surface area contributed by atoms with E-state index in [0.29, 0.717) is 34.0 Å². The van der Waals surface area contributed by atoms with E-state index in [9.17, 15) is 18.0 Å². The van der Waals surface area contributed by atoms with E-state index in [2.05, 4.69) is 20.5 Å². The quantitative estimate of drug-likeness (QED) is 0.302. The van der Waals surface area contributed by atoms with Gasteiger partial charge in [0.15, 0.2) is 5.65 Å². The van der Waals surface area contributed by atoms with Crippen LogP contribution in [0.5, 0.6) is 5.75 Å². The molecule has 8 nitrogen and oxygen atoms in total. The second kappa shape index (κ2) is 10.0. The summed E-state index contributed by atoms with van der Waals surface area (Å²) in [6.45, 7) is 3.64. The molecule has 1 amide bonds. The fourth-order valence-corrected chi connectivity index (χ4v) is 4.30. The Hall–Kier alpha value is -4.67. The van der Waals surface area contributed by atoms with E-state index >= 15 is 0 Å². The summed E-state index contributed by atoms with van der Waals surface area (Å²) in [5.74, 6) is -0.506.